The zero-order chi connectivity index (χ0) is 20.3. The number of aromatic nitrogens is 2. The molecule has 0 aliphatic rings. The van der Waals surface area contributed by atoms with Crippen molar-refractivity contribution in [2.45, 2.75) is 19.5 Å². The molecule has 0 aliphatic heterocycles. The lowest BCUT2D eigenvalue weighted by Crippen LogP contribution is -2.07. The Bertz CT molecular complexity index is 961. The van der Waals surface area contributed by atoms with E-state index in [1.54, 1.807) is 24.3 Å². The van der Waals surface area contributed by atoms with E-state index in [0.29, 0.717) is 17.7 Å². The second-order valence-corrected chi connectivity index (χ2v) is 6.09. The van der Waals surface area contributed by atoms with Crippen molar-refractivity contribution in [3.63, 3.8) is 0 Å². The summed E-state index contributed by atoms with van der Waals surface area (Å²) in [5.74, 6) is -0.870. The summed E-state index contributed by atoms with van der Waals surface area (Å²) in [6.07, 6.45) is -4.12. The molecule has 3 aromatic rings. The normalized spacial score (nSPS) is 11.5. The first-order valence-electron chi connectivity index (χ1n) is 8.40. The van der Waals surface area contributed by atoms with E-state index in [1.165, 1.54) is 19.1 Å². The highest BCUT2D eigenvalue weighted by Gasteiger charge is 2.35. The van der Waals surface area contributed by atoms with E-state index in [-0.39, 0.29) is 18.3 Å². The lowest BCUT2D eigenvalue weighted by atomic mass is 10.1. The molecule has 28 heavy (non-hydrogen) atoms. The van der Waals surface area contributed by atoms with E-state index < -0.39 is 17.7 Å². The highest BCUT2D eigenvalue weighted by molar-refractivity contribution is 5.66. The van der Waals surface area contributed by atoms with Gasteiger partial charge in [0.2, 0.25) is 0 Å². The second kappa shape index (κ2) is 7.84. The molecule has 0 saturated heterocycles. The van der Waals surface area contributed by atoms with Gasteiger partial charge in [-0.15, -0.1) is 0 Å². The molecular weight excluding hydrogens is 376 g/mol. The molecule has 2 aromatic carbocycles. The number of hydrogen-bond acceptors (Lipinski definition) is 3. The zero-order valence-corrected chi connectivity index (χ0v) is 14.8. The Balaban J connectivity index is 1.94. The van der Waals surface area contributed by atoms with Gasteiger partial charge in [0.15, 0.2) is 5.69 Å². The number of alkyl halides is 3. The van der Waals surface area contributed by atoms with Gasteiger partial charge in [-0.25, -0.2) is 9.07 Å². The Morgan fingerprint density at radius 1 is 1.07 bits per heavy atom. The van der Waals surface area contributed by atoms with E-state index in [1.807, 2.05) is 0 Å². The molecule has 0 spiro atoms. The van der Waals surface area contributed by atoms with Gasteiger partial charge >= 0.3 is 12.1 Å². The van der Waals surface area contributed by atoms with Crippen LogP contribution in [0.4, 0.5) is 17.6 Å². The number of rotatable bonds is 5. The van der Waals surface area contributed by atoms with Gasteiger partial charge in [0.05, 0.1) is 18.0 Å². The Hall–Kier alpha value is -3.16. The fourth-order valence-corrected chi connectivity index (χ4v) is 2.66. The Morgan fingerprint density at radius 3 is 2.29 bits per heavy atom. The van der Waals surface area contributed by atoms with Crippen LogP contribution in [-0.4, -0.2) is 22.4 Å². The van der Waals surface area contributed by atoms with Gasteiger partial charge in [0.1, 0.15) is 5.82 Å². The number of carbonyl (C=O) groups excluding carboxylic acids is 1. The van der Waals surface area contributed by atoms with E-state index in [2.05, 4.69) is 5.10 Å². The highest BCUT2D eigenvalue weighted by Crippen LogP contribution is 2.33. The Labute approximate surface area is 158 Å². The van der Waals surface area contributed by atoms with Gasteiger partial charge < -0.3 is 4.74 Å². The average Bonchev–Trinajstić information content (AvgIpc) is 3.08. The van der Waals surface area contributed by atoms with Crippen LogP contribution < -0.4 is 0 Å². The number of hydrogen-bond donors (Lipinski definition) is 0. The van der Waals surface area contributed by atoms with E-state index in [4.69, 9.17) is 4.74 Å². The second-order valence-electron chi connectivity index (χ2n) is 6.09. The molecule has 0 bridgehead atoms. The van der Waals surface area contributed by atoms with Crippen LogP contribution in [0.5, 0.6) is 0 Å². The summed E-state index contributed by atoms with van der Waals surface area (Å²) in [4.78, 5) is 10.8. The number of carbonyl (C=O) groups is 1. The third-order valence-corrected chi connectivity index (χ3v) is 4.02. The van der Waals surface area contributed by atoms with Crippen LogP contribution in [0.1, 0.15) is 18.2 Å². The molecule has 146 valence electrons. The number of halogens is 4. The van der Waals surface area contributed by atoms with Crippen LogP contribution in [0, 0.1) is 5.82 Å². The summed E-state index contributed by atoms with van der Waals surface area (Å²) in [5.41, 5.74) is 0.888. The van der Waals surface area contributed by atoms with Crippen LogP contribution in [0.25, 0.3) is 16.9 Å². The van der Waals surface area contributed by atoms with Gasteiger partial charge in [-0.3, -0.25) is 4.79 Å². The standard InChI is InChI=1S/C20H16F4N2O2/c1-13(27)28-11-10-14-2-4-15(5-3-14)18-12-19(20(22,23)24)25-26(18)17-8-6-16(21)7-9-17/h2-9,12H,10-11H2,1H3. The van der Waals surface area contributed by atoms with Crippen molar-refractivity contribution >= 4 is 5.97 Å². The van der Waals surface area contributed by atoms with Crippen molar-refractivity contribution in [2.24, 2.45) is 0 Å². The molecular formula is C20H16F4N2O2. The fraction of sp³-hybridized carbons (Fsp3) is 0.200. The molecule has 0 saturated carbocycles. The topological polar surface area (TPSA) is 44.1 Å². The first kappa shape index (κ1) is 19.6. The Kier molecular flexibility index (Phi) is 5.48. The van der Waals surface area contributed by atoms with Crippen LogP contribution in [0.2, 0.25) is 0 Å². The van der Waals surface area contributed by atoms with Crippen LogP contribution in [0.15, 0.2) is 54.6 Å². The lowest BCUT2D eigenvalue weighted by molar-refractivity contribution is -0.142. The van der Waals surface area contributed by atoms with Crippen molar-refractivity contribution in [2.75, 3.05) is 6.61 Å². The summed E-state index contributed by atoms with van der Waals surface area (Å²) in [7, 11) is 0. The fourth-order valence-electron chi connectivity index (χ4n) is 2.66. The van der Waals surface area contributed by atoms with Gasteiger partial charge in [-0.2, -0.15) is 18.3 Å². The highest BCUT2D eigenvalue weighted by atomic mass is 19.4. The summed E-state index contributed by atoms with van der Waals surface area (Å²) in [6.45, 7) is 1.54. The van der Waals surface area contributed by atoms with E-state index in [9.17, 15) is 22.4 Å². The Morgan fingerprint density at radius 2 is 1.71 bits per heavy atom. The average molecular weight is 392 g/mol. The SMILES string of the molecule is CC(=O)OCCc1ccc(-c2cc(C(F)(F)F)nn2-c2ccc(F)cc2)cc1. The molecule has 1 heterocycles. The third-order valence-electron chi connectivity index (χ3n) is 4.02. The molecule has 1 aromatic heterocycles. The van der Waals surface area contributed by atoms with Gasteiger partial charge in [-0.1, -0.05) is 24.3 Å². The predicted octanol–water partition coefficient (Wildman–Crippen LogP) is 4.80. The quantitative estimate of drug-likeness (QED) is 0.463. The molecule has 3 rings (SSSR count). The molecule has 0 aliphatic carbocycles. The monoisotopic (exact) mass is 392 g/mol. The molecule has 0 fully saturated rings. The van der Waals surface area contributed by atoms with Crippen molar-refractivity contribution in [3.8, 4) is 16.9 Å². The molecule has 8 heteroatoms. The minimum atomic E-state index is -4.61. The van der Waals surface area contributed by atoms with Crippen LogP contribution in [0.3, 0.4) is 0 Å². The minimum Gasteiger partial charge on any atom is -0.466 e. The van der Waals surface area contributed by atoms with Crippen molar-refractivity contribution in [3.05, 3.63) is 71.7 Å². The summed E-state index contributed by atoms with van der Waals surface area (Å²) in [5, 5.41) is 3.66. The number of ether oxygens (including phenoxy) is 1. The van der Waals surface area contributed by atoms with Crippen LogP contribution >= 0.6 is 0 Å². The molecule has 0 unspecified atom stereocenters. The number of esters is 1. The minimum absolute atomic E-state index is 0.223. The molecule has 0 N–H and O–H groups in total. The first-order chi connectivity index (χ1) is 13.2. The molecule has 4 nitrogen and oxygen atoms in total. The van der Waals surface area contributed by atoms with Gasteiger partial charge in [0, 0.05) is 18.9 Å². The van der Waals surface area contributed by atoms with Crippen molar-refractivity contribution < 1.29 is 27.1 Å². The molecule has 0 atom stereocenters. The number of benzene rings is 2. The summed E-state index contributed by atoms with van der Waals surface area (Å²) < 4.78 is 58.7. The smallest absolute Gasteiger partial charge is 0.435 e. The largest absolute Gasteiger partial charge is 0.466 e. The van der Waals surface area contributed by atoms with E-state index in [0.717, 1.165) is 28.4 Å². The molecule has 0 radical (unpaired) electrons. The zero-order valence-electron chi connectivity index (χ0n) is 14.8. The van der Waals surface area contributed by atoms with Gasteiger partial charge in [-0.05, 0) is 35.9 Å². The first-order valence-corrected chi connectivity index (χ1v) is 8.40. The van der Waals surface area contributed by atoms with Crippen molar-refractivity contribution in [1.82, 2.24) is 9.78 Å². The summed E-state index contributed by atoms with van der Waals surface area (Å²) in [6, 6.07) is 12.8. The van der Waals surface area contributed by atoms with Crippen LogP contribution in [-0.2, 0) is 22.1 Å². The van der Waals surface area contributed by atoms with E-state index >= 15 is 0 Å². The maximum absolute atomic E-state index is 13.2. The third kappa shape index (κ3) is 4.57. The predicted molar refractivity (Wildman–Crippen MR) is 94.3 cm³/mol. The number of nitrogens with zero attached hydrogens (tertiary/aromatic N) is 2. The maximum atomic E-state index is 13.2. The van der Waals surface area contributed by atoms with Gasteiger partial charge in [0.25, 0.3) is 0 Å². The lowest BCUT2D eigenvalue weighted by Gasteiger charge is -2.09. The van der Waals surface area contributed by atoms with Crippen molar-refractivity contribution in [1.29, 1.82) is 0 Å². The summed E-state index contributed by atoms with van der Waals surface area (Å²) >= 11 is 0. The molecule has 0 amide bonds. The maximum Gasteiger partial charge on any atom is 0.435 e.